The van der Waals surface area contributed by atoms with E-state index in [0.29, 0.717) is 6.04 Å². The lowest BCUT2D eigenvalue weighted by atomic mass is 10.0. The molecule has 2 aromatic rings. The van der Waals surface area contributed by atoms with Crippen molar-refractivity contribution in [1.82, 2.24) is 9.88 Å². The molecule has 1 aromatic carbocycles. The quantitative estimate of drug-likeness (QED) is 0.864. The van der Waals surface area contributed by atoms with Crippen LogP contribution in [0.15, 0.2) is 24.4 Å². The van der Waals surface area contributed by atoms with Crippen molar-refractivity contribution in [3.05, 3.63) is 30.0 Å². The second-order valence-corrected chi connectivity index (χ2v) is 5.40. The van der Waals surface area contributed by atoms with E-state index in [1.807, 2.05) is 6.07 Å². The summed E-state index contributed by atoms with van der Waals surface area (Å²) in [7, 11) is 1.71. The number of aromatic nitrogens is 1. The first-order valence-corrected chi connectivity index (χ1v) is 7.13. The topological polar surface area (TPSA) is 28.3 Å². The van der Waals surface area contributed by atoms with Crippen LogP contribution in [-0.2, 0) is 6.42 Å². The third-order valence-corrected chi connectivity index (χ3v) is 4.22. The predicted octanol–water partition coefficient (Wildman–Crippen LogP) is 2.82. The van der Waals surface area contributed by atoms with Crippen molar-refractivity contribution in [2.45, 2.75) is 25.3 Å². The summed E-state index contributed by atoms with van der Waals surface area (Å²) in [6.45, 7) is 1.89. The van der Waals surface area contributed by atoms with Crippen LogP contribution in [0.1, 0.15) is 18.4 Å². The molecular weight excluding hydrogens is 248 g/mol. The Hall–Kier alpha value is -1.92. The summed E-state index contributed by atoms with van der Waals surface area (Å²) in [5.41, 5.74) is 2.52. The zero-order valence-corrected chi connectivity index (χ0v) is 11.9. The summed E-state index contributed by atoms with van der Waals surface area (Å²) < 4.78 is 5.33. The number of benzene rings is 1. The highest BCUT2D eigenvalue weighted by atomic mass is 16.5. The molecule has 0 radical (unpaired) electrons. The fourth-order valence-corrected chi connectivity index (χ4v) is 3.16. The molecule has 104 valence electrons. The van der Waals surface area contributed by atoms with Gasteiger partial charge in [-0.15, -0.1) is 6.42 Å². The molecule has 0 saturated carbocycles. The van der Waals surface area contributed by atoms with Gasteiger partial charge in [0.05, 0.1) is 13.7 Å². The van der Waals surface area contributed by atoms with Crippen LogP contribution in [0.5, 0.6) is 5.75 Å². The van der Waals surface area contributed by atoms with Crippen molar-refractivity contribution in [3.63, 3.8) is 0 Å². The Balaban J connectivity index is 1.85. The largest absolute Gasteiger partial charge is 0.497 e. The van der Waals surface area contributed by atoms with Crippen LogP contribution in [-0.4, -0.2) is 36.1 Å². The maximum absolute atomic E-state index is 5.46. The number of aromatic amines is 1. The Labute approximate surface area is 119 Å². The van der Waals surface area contributed by atoms with Crippen LogP contribution in [0.2, 0.25) is 0 Å². The van der Waals surface area contributed by atoms with E-state index in [9.17, 15) is 0 Å². The fraction of sp³-hybridized carbons (Fsp3) is 0.412. The van der Waals surface area contributed by atoms with Gasteiger partial charge in [0.25, 0.3) is 0 Å². The Morgan fingerprint density at radius 1 is 1.50 bits per heavy atom. The number of terminal acetylenes is 1. The van der Waals surface area contributed by atoms with Gasteiger partial charge in [-0.2, -0.15) is 0 Å². The second-order valence-electron chi connectivity index (χ2n) is 5.40. The highest BCUT2D eigenvalue weighted by molar-refractivity contribution is 5.84. The molecule has 0 aliphatic carbocycles. The molecule has 3 nitrogen and oxygen atoms in total. The number of likely N-dealkylation sites (tertiary alicyclic amines) is 1. The molecule has 1 aromatic heterocycles. The monoisotopic (exact) mass is 268 g/mol. The number of nitrogens with one attached hydrogen (secondary N) is 1. The molecule has 0 bridgehead atoms. The van der Waals surface area contributed by atoms with Crippen LogP contribution in [0, 0.1) is 12.3 Å². The molecule has 0 amide bonds. The summed E-state index contributed by atoms with van der Waals surface area (Å²) >= 11 is 0. The van der Waals surface area contributed by atoms with Crippen molar-refractivity contribution in [2.24, 2.45) is 0 Å². The molecule has 3 heteroatoms. The lowest BCUT2D eigenvalue weighted by Crippen LogP contribution is -2.31. The molecule has 1 aliphatic heterocycles. The summed E-state index contributed by atoms with van der Waals surface area (Å²) in [6.07, 6.45) is 11.1. The van der Waals surface area contributed by atoms with Gasteiger partial charge in [-0.1, -0.05) is 5.92 Å². The smallest absolute Gasteiger partial charge is 0.119 e. The number of H-pyrrole nitrogens is 1. The third-order valence-electron chi connectivity index (χ3n) is 4.22. The van der Waals surface area contributed by atoms with Crippen molar-refractivity contribution < 1.29 is 4.74 Å². The third kappa shape index (κ3) is 2.39. The maximum atomic E-state index is 5.46. The minimum Gasteiger partial charge on any atom is -0.497 e. The number of ether oxygens (including phenoxy) is 1. The normalized spacial score (nSPS) is 19.3. The molecule has 1 atom stereocenters. The summed E-state index contributed by atoms with van der Waals surface area (Å²) in [4.78, 5) is 5.76. The lowest BCUT2D eigenvalue weighted by Gasteiger charge is -2.21. The Morgan fingerprint density at radius 3 is 3.20 bits per heavy atom. The number of fused-ring (bicyclic) bond motifs is 1. The first-order chi connectivity index (χ1) is 9.81. The number of nitrogens with zero attached hydrogens (tertiary/aromatic N) is 1. The Kier molecular flexibility index (Phi) is 3.66. The molecule has 0 spiro atoms. The Morgan fingerprint density at radius 2 is 2.40 bits per heavy atom. The minimum absolute atomic E-state index is 0.566. The molecule has 2 heterocycles. The summed E-state index contributed by atoms with van der Waals surface area (Å²) in [5, 5.41) is 1.26. The van der Waals surface area contributed by atoms with Crippen LogP contribution < -0.4 is 4.74 Å². The van der Waals surface area contributed by atoms with E-state index in [0.717, 1.165) is 25.3 Å². The molecule has 1 N–H and O–H groups in total. The molecule has 1 saturated heterocycles. The average molecular weight is 268 g/mol. The maximum Gasteiger partial charge on any atom is 0.119 e. The predicted molar refractivity (Wildman–Crippen MR) is 82.0 cm³/mol. The van der Waals surface area contributed by atoms with Gasteiger partial charge in [0, 0.05) is 23.1 Å². The van der Waals surface area contributed by atoms with E-state index in [4.69, 9.17) is 11.2 Å². The molecule has 1 aliphatic rings. The van der Waals surface area contributed by atoms with Gasteiger partial charge in [-0.05, 0) is 49.6 Å². The van der Waals surface area contributed by atoms with Crippen LogP contribution in [0.3, 0.4) is 0 Å². The second kappa shape index (κ2) is 5.60. The lowest BCUT2D eigenvalue weighted by molar-refractivity contribution is 0.284. The average Bonchev–Trinajstić information content (AvgIpc) is 3.07. The standard InChI is InChI=1S/C17H20N2O/c1-3-8-19-9-4-5-14(19)10-13-12-18-17-7-6-15(20-2)11-16(13)17/h1,6-7,11-12,14,18H,4-5,8-10H2,2H3/t14-/m1/s1. The molecular formula is C17H20N2O. The van der Waals surface area contributed by atoms with Crippen LogP contribution in [0.25, 0.3) is 10.9 Å². The van der Waals surface area contributed by atoms with Gasteiger partial charge in [-0.3, -0.25) is 4.90 Å². The van der Waals surface area contributed by atoms with Gasteiger partial charge in [0.15, 0.2) is 0 Å². The van der Waals surface area contributed by atoms with Crippen molar-refractivity contribution in [3.8, 4) is 18.1 Å². The number of hydrogen-bond acceptors (Lipinski definition) is 2. The molecule has 20 heavy (non-hydrogen) atoms. The van der Waals surface area contributed by atoms with Crippen molar-refractivity contribution >= 4 is 10.9 Å². The summed E-state index contributed by atoms with van der Waals surface area (Å²) in [5.74, 6) is 3.68. The first-order valence-electron chi connectivity index (χ1n) is 7.13. The summed E-state index contributed by atoms with van der Waals surface area (Å²) in [6, 6.07) is 6.74. The molecule has 3 rings (SSSR count). The van der Waals surface area contributed by atoms with Gasteiger partial charge >= 0.3 is 0 Å². The van der Waals surface area contributed by atoms with E-state index in [1.54, 1.807) is 7.11 Å². The van der Waals surface area contributed by atoms with Crippen LogP contribution >= 0.6 is 0 Å². The van der Waals surface area contributed by atoms with Gasteiger partial charge < -0.3 is 9.72 Å². The molecule has 1 fully saturated rings. The SMILES string of the molecule is C#CCN1CCC[C@@H]1Cc1c[nH]c2ccc(OC)cc12. The van der Waals surface area contributed by atoms with Gasteiger partial charge in [0.2, 0.25) is 0 Å². The van der Waals surface area contributed by atoms with E-state index in [-0.39, 0.29) is 0 Å². The first kappa shape index (κ1) is 13.1. The van der Waals surface area contributed by atoms with E-state index >= 15 is 0 Å². The highest BCUT2D eigenvalue weighted by Gasteiger charge is 2.24. The minimum atomic E-state index is 0.566. The fourth-order valence-electron chi connectivity index (χ4n) is 3.16. The zero-order valence-electron chi connectivity index (χ0n) is 11.9. The Bertz CT molecular complexity index is 638. The van der Waals surface area contributed by atoms with Gasteiger partial charge in [-0.25, -0.2) is 0 Å². The van der Waals surface area contributed by atoms with E-state index in [2.05, 4.69) is 34.1 Å². The van der Waals surface area contributed by atoms with Crippen molar-refractivity contribution in [1.29, 1.82) is 0 Å². The number of methoxy groups -OCH3 is 1. The van der Waals surface area contributed by atoms with E-state index < -0.39 is 0 Å². The van der Waals surface area contributed by atoms with Crippen molar-refractivity contribution in [2.75, 3.05) is 20.2 Å². The number of hydrogen-bond donors (Lipinski definition) is 1. The van der Waals surface area contributed by atoms with Gasteiger partial charge in [0.1, 0.15) is 5.75 Å². The van der Waals surface area contributed by atoms with E-state index in [1.165, 1.54) is 29.3 Å². The highest BCUT2D eigenvalue weighted by Crippen LogP contribution is 2.27. The zero-order chi connectivity index (χ0) is 13.9. The molecule has 0 unspecified atom stereocenters. The number of rotatable bonds is 4. The van der Waals surface area contributed by atoms with Crippen LogP contribution in [0.4, 0.5) is 0 Å².